The van der Waals surface area contributed by atoms with Crippen LogP contribution in [0, 0.1) is 6.92 Å². The van der Waals surface area contributed by atoms with Gasteiger partial charge < -0.3 is 4.98 Å². The van der Waals surface area contributed by atoms with Crippen LogP contribution in [0.25, 0.3) is 22.0 Å². The normalized spacial score (nSPS) is 11.7. The first kappa shape index (κ1) is 16.0. The molecule has 1 amide bonds. The van der Waals surface area contributed by atoms with Crippen molar-refractivity contribution in [2.75, 3.05) is 0 Å². The van der Waals surface area contributed by atoms with Gasteiger partial charge in [-0.25, -0.2) is 5.43 Å². The van der Waals surface area contributed by atoms with Gasteiger partial charge in [0, 0.05) is 22.2 Å². The number of aromatic nitrogens is 1. The Kier molecular flexibility index (Phi) is 4.47. The van der Waals surface area contributed by atoms with Crippen molar-refractivity contribution in [1.29, 1.82) is 0 Å². The van der Waals surface area contributed by atoms with Crippen LogP contribution >= 0.6 is 0 Å². The molecule has 0 fully saturated rings. The van der Waals surface area contributed by atoms with Gasteiger partial charge in [-0.2, -0.15) is 5.10 Å². The summed E-state index contributed by atoms with van der Waals surface area (Å²) in [5.41, 5.74) is 8.10. The quantitative estimate of drug-likeness (QED) is 0.533. The molecule has 3 aromatic rings. The minimum Gasteiger partial charge on any atom is -0.350 e. The largest absolute Gasteiger partial charge is 0.350 e. The molecule has 0 aliphatic carbocycles. The molecule has 2 aromatic carbocycles. The molecule has 24 heavy (non-hydrogen) atoms. The predicted octanol–water partition coefficient (Wildman–Crippen LogP) is 4.66. The van der Waals surface area contributed by atoms with Gasteiger partial charge in [0.15, 0.2) is 0 Å². The maximum atomic E-state index is 12.7. The highest BCUT2D eigenvalue weighted by Gasteiger charge is 2.19. The molecule has 0 aliphatic heterocycles. The SMILES string of the molecule is CC/C(C)=N\NC(=O)c1[nH]c2ccc(C)cc2c1-c1ccccc1. The number of aromatic amines is 1. The van der Waals surface area contributed by atoms with E-state index in [0.717, 1.165) is 39.7 Å². The van der Waals surface area contributed by atoms with Gasteiger partial charge in [-0.3, -0.25) is 4.79 Å². The Morgan fingerprint density at radius 1 is 1.17 bits per heavy atom. The van der Waals surface area contributed by atoms with E-state index in [-0.39, 0.29) is 5.91 Å². The smallest absolute Gasteiger partial charge is 0.288 e. The number of aryl methyl sites for hydroxylation is 1. The molecule has 0 aliphatic rings. The molecule has 3 rings (SSSR count). The van der Waals surface area contributed by atoms with Gasteiger partial charge in [0.1, 0.15) is 5.69 Å². The summed E-state index contributed by atoms with van der Waals surface area (Å²) in [7, 11) is 0. The standard InChI is InChI=1S/C20H21N3O/c1-4-14(3)22-23-20(24)19-18(15-8-6-5-7-9-15)16-12-13(2)10-11-17(16)21-19/h5-12,21H,4H2,1-3H3,(H,23,24)/b22-14-. The van der Waals surface area contributed by atoms with Crippen LogP contribution < -0.4 is 5.43 Å². The first-order valence-corrected chi connectivity index (χ1v) is 8.11. The number of amides is 1. The molecule has 4 nitrogen and oxygen atoms in total. The van der Waals surface area contributed by atoms with Gasteiger partial charge in [-0.15, -0.1) is 0 Å². The number of hydrogen-bond donors (Lipinski definition) is 2. The predicted molar refractivity (Wildman–Crippen MR) is 99.3 cm³/mol. The van der Waals surface area contributed by atoms with Crippen LogP contribution in [-0.4, -0.2) is 16.6 Å². The molecule has 4 heteroatoms. The van der Waals surface area contributed by atoms with Crippen LogP contribution in [0.15, 0.2) is 53.6 Å². The second-order valence-corrected chi connectivity index (χ2v) is 5.93. The number of hydrogen-bond acceptors (Lipinski definition) is 2. The monoisotopic (exact) mass is 319 g/mol. The number of carbonyl (C=O) groups excluding carboxylic acids is 1. The van der Waals surface area contributed by atoms with Gasteiger partial charge in [0.05, 0.1) is 0 Å². The van der Waals surface area contributed by atoms with Crippen LogP contribution in [0.3, 0.4) is 0 Å². The lowest BCUT2D eigenvalue weighted by molar-refractivity contribution is 0.0951. The number of nitrogens with zero attached hydrogens (tertiary/aromatic N) is 1. The van der Waals surface area contributed by atoms with Crippen LogP contribution in [0.4, 0.5) is 0 Å². The third kappa shape index (κ3) is 3.08. The highest BCUT2D eigenvalue weighted by molar-refractivity contribution is 6.10. The molecule has 1 aromatic heterocycles. The van der Waals surface area contributed by atoms with Crippen molar-refractivity contribution < 1.29 is 4.79 Å². The average molecular weight is 319 g/mol. The molecule has 0 radical (unpaired) electrons. The molecule has 122 valence electrons. The molecule has 0 atom stereocenters. The topological polar surface area (TPSA) is 57.2 Å². The van der Waals surface area contributed by atoms with Crippen molar-refractivity contribution in [1.82, 2.24) is 10.4 Å². The van der Waals surface area contributed by atoms with Gasteiger partial charge in [0.2, 0.25) is 0 Å². The van der Waals surface area contributed by atoms with Crippen LogP contribution in [0.1, 0.15) is 36.3 Å². The Hall–Kier alpha value is -2.88. The van der Waals surface area contributed by atoms with Gasteiger partial charge in [-0.1, -0.05) is 48.9 Å². The molecular weight excluding hydrogens is 298 g/mol. The van der Waals surface area contributed by atoms with Gasteiger partial charge >= 0.3 is 0 Å². The van der Waals surface area contributed by atoms with Crippen molar-refractivity contribution in [2.45, 2.75) is 27.2 Å². The van der Waals surface area contributed by atoms with Gasteiger partial charge in [-0.05, 0) is 38.0 Å². The first-order chi connectivity index (χ1) is 11.6. The van der Waals surface area contributed by atoms with Crippen molar-refractivity contribution in [3.05, 3.63) is 59.8 Å². The molecule has 1 heterocycles. The maximum absolute atomic E-state index is 12.7. The Balaban J connectivity index is 2.15. The lowest BCUT2D eigenvalue weighted by Gasteiger charge is -2.05. The molecule has 0 spiro atoms. The Labute approximate surface area is 141 Å². The first-order valence-electron chi connectivity index (χ1n) is 8.11. The Morgan fingerprint density at radius 3 is 2.62 bits per heavy atom. The summed E-state index contributed by atoms with van der Waals surface area (Å²) < 4.78 is 0. The second-order valence-electron chi connectivity index (χ2n) is 5.93. The highest BCUT2D eigenvalue weighted by atomic mass is 16.2. The summed E-state index contributed by atoms with van der Waals surface area (Å²) in [6.45, 7) is 5.95. The minimum absolute atomic E-state index is 0.226. The zero-order valence-electron chi connectivity index (χ0n) is 14.2. The van der Waals surface area contributed by atoms with E-state index in [9.17, 15) is 4.79 Å². The zero-order valence-corrected chi connectivity index (χ0v) is 14.2. The molecule has 0 unspecified atom stereocenters. The summed E-state index contributed by atoms with van der Waals surface area (Å²) in [5.74, 6) is -0.226. The summed E-state index contributed by atoms with van der Waals surface area (Å²) in [6.07, 6.45) is 0.803. The number of nitrogens with one attached hydrogen (secondary N) is 2. The van der Waals surface area contributed by atoms with E-state index in [1.807, 2.05) is 56.3 Å². The van der Waals surface area contributed by atoms with E-state index in [2.05, 4.69) is 28.5 Å². The van der Waals surface area contributed by atoms with Gasteiger partial charge in [0.25, 0.3) is 5.91 Å². The summed E-state index contributed by atoms with van der Waals surface area (Å²) in [6, 6.07) is 16.1. The fourth-order valence-electron chi connectivity index (χ4n) is 2.66. The number of hydrazone groups is 1. The number of rotatable bonds is 4. The van der Waals surface area contributed by atoms with E-state index >= 15 is 0 Å². The molecule has 2 N–H and O–H groups in total. The van der Waals surface area contributed by atoms with Crippen LogP contribution in [0.5, 0.6) is 0 Å². The van der Waals surface area contributed by atoms with E-state index in [1.54, 1.807) is 0 Å². The molecule has 0 saturated heterocycles. The van der Waals surface area contributed by atoms with E-state index in [1.165, 1.54) is 0 Å². The number of H-pyrrole nitrogens is 1. The average Bonchev–Trinajstić information content (AvgIpc) is 2.98. The van der Waals surface area contributed by atoms with Crippen molar-refractivity contribution in [3.63, 3.8) is 0 Å². The lowest BCUT2D eigenvalue weighted by Crippen LogP contribution is -2.20. The van der Waals surface area contributed by atoms with Crippen LogP contribution in [-0.2, 0) is 0 Å². The van der Waals surface area contributed by atoms with Crippen molar-refractivity contribution in [3.8, 4) is 11.1 Å². The Morgan fingerprint density at radius 2 is 1.92 bits per heavy atom. The lowest BCUT2D eigenvalue weighted by atomic mass is 10.0. The molecule has 0 saturated carbocycles. The second kappa shape index (κ2) is 6.71. The fourth-order valence-corrected chi connectivity index (χ4v) is 2.66. The zero-order chi connectivity index (χ0) is 17.1. The van der Waals surface area contributed by atoms with Crippen LogP contribution in [0.2, 0.25) is 0 Å². The summed E-state index contributed by atoms with van der Waals surface area (Å²) in [4.78, 5) is 15.9. The summed E-state index contributed by atoms with van der Waals surface area (Å²) in [5, 5.41) is 5.18. The highest BCUT2D eigenvalue weighted by Crippen LogP contribution is 2.33. The van der Waals surface area contributed by atoms with E-state index < -0.39 is 0 Å². The number of carbonyl (C=O) groups is 1. The summed E-state index contributed by atoms with van der Waals surface area (Å²) >= 11 is 0. The minimum atomic E-state index is -0.226. The third-order valence-corrected chi connectivity index (χ3v) is 4.10. The number of benzene rings is 2. The molecular formula is C20H21N3O. The van der Waals surface area contributed by atoms with Crippen molar-refractivity contribution >= 4 is 22.5 Å². The third-order valence-electron chi connectivity index (χ3n) is 4.10. The maximum Gasteiger partial charge on any atom is 0.288 e. The number of fused-ring (bicyclic) bond motifs is 1. The van der Waals surface area contributed by atoms with E-state index in [0.29, 0.717) is 5.69 Å². The fraction of sp³-hybridized carbons (Fsp3) is 0.200. The Bertz CT molecular complexity index is 907. The van der Waals surface area contributed by atoms with Crippen molar-refractivity contribution in [2.24, 2.45) is 5.10 Å². The van der Waals surface area contributed by atoms with E-state index in [4.69, 9.17) is 0 Å². The molecule has 0 bridgehead atoms.